The van der Waals surface area contributed by atoms with Gasteiger partial charge < -0.3 is 19.7 Å². The number of carboxylic acids is 1. The summed E-state index contributed by atoms with van der Waals surface area (Å²) in [6, 6.07) is 3.35. The molecule has 0 spiro atoms. The van der Waals surface area contributed by atoms with Crippen LogP contribution in [-0.4, -0.2) is 52.7 Å². The van der Waals surface area contributed by atoms with Gasteiger partial charge in [-0.05, 0) is 23.8 Å². The fourth-order valence-corrected chi connectivity index (χ4v) is 2.68. The third kappa shape index (κ3) is 2.67. The van der Waals surface area contributed by atoms with Crippen LogP contribution in [0.4, 0.5) is 4.39 Å². The molecule has 6 nitrogen and oxygen atoms in total. The third-order valence-electron chi connectivity index (χ3n) is 3.81. The first kappa shape index (κ1) is 14.5. The van der Waals surface area contributed by atoms with Crippen LogP contribution in [0, 0.1) is 5.82 Å². The maximum absolute atomic E-state index is 13.2. The molecular weight excluding hydrogens is 291 g/mol. The zero-order valence-electron chi connectivity index (χ0n) is 11.7. The third-order valence-corrected chi connectivity index (χ3v) is 3.81. The number of carboxylic acid groups (broad SMARTS) is 1. The predicted octanol–water partition coefficient (Wildman–Crippen LogP) is 1.16. The largest absolute Gasteiger partial charge is 0.480 e. The minimum absolute atomic E-state index is 0.000168. The molecule has 1 amide bonds. The van der Waals surface area contributed by atoms with Crippen molar-refractivity contribution in [2.45, 2.75) is 12.5 Å². The molecule has 2 aromatic rings. The normalized spacial score (nSPS) is 18.6. The van der Waals surface area contributed by atoms with Crippen LogP contribution in [-0.2, 0) is 20.7 Å². The maximum atomic E-state index is 13.2. The molecule has 1 atom stereocenters. The summed E-state index contributed by atoms with van der Waals surface area (Å²) in [5.41, 5.74) is 1.33. The van der Waals surface area contributed by atoms with Crippen molar-refractivity contribution in [3.8, 4) is 0 Å². The molecule has 0 radical (unpaired) electrons. The van der Waals surface area contributed by atoms with E-state index in [4.69, 9.17) is 9.84 Å². The van der Waals surface area contributed by atoms with E-state index in [9.17, 15) is 14.0 Å². The van der Waals surface area contributed by atoms with Crippen molar-refractivity contribution in [3.05, 3.63) is 35.8 Å². The molecule has 3 rings (SSSR count). The topological polar surface area (TPSA) is 82.6 Å². The lowest BCUT2D eigenvalue weighted by atomic mass is 10.1. The van der Waals surface area contributed by atoms with Crippen LogP contribution in [0.15, 0.2) is 24.4 Å². The summed E-state index contributed by atoms with van der Waals surface area (Å²) in [7, 11) is 0. The van der Waals surface area contributed by atoms with E-state index < -0.39 is 12.0 Å². The van der Waals surface area contributed by atoms with Gasteiger partial charge in [-0.1, -0.05) is 0 Å². The Bertz CT molecular complexity index is 727. The molecule has 0 bridgehead atoms. The highest BCUT2D eigenvalue weighted by Gasteiger charge is 2.32. The molecule has 22 heavy (non-hydrogen) atoms. The average Bonchev–Trinajstić information content (AvgIpc) is 2.89. The van der Waals surface area contributed by atoms with E-state index in [2.05, 4.69) is 4.98 Å². The summed E-state index contributed by atoms with van der Waals surface area (Å²) in [6.07, 6.45) is 1.72. The summed E-state index contributed by atoms with van der Waals surface area (Å²) in [5, 5.41) is 9.92. The van der Waals surface area contributed by atoms with Crippen molar-refractivity contribution in [2.24, 2.45) is 0 Å². The smallest absolute Gasteiger partial charge is 0.328 e. The molecule has 1 aromatic heterocycles. The van der Waals surface area contributed by atoms with Gasteiger partial charge in [-0.2, -0.15) is 0 Å². The maximum Gasteiger partial charge on any atom is 0.328 e. The van der Waals surface area contributed by atoms with Crippen molar-refractivity contribution < 1.29 is 23.8 Å². The Hall–Kier alpha value is -2.41. The highest BCUT2D eigenvalue weighted by molar-refractivity contribution is 5.90. The molecule has 2 heterocycles. The van der Waals surface area contributed by atoms with Crippen molar-refractivity contribution in [1.82, 2.24) is 9.88 Å². The Kier molecular flexibility index (Phi) is 3.81. The molecule has 1 fully saturated rings. The number of aliphatic carboxylic acids is 1. The van der Waals surface area contributed by atoms with Gasteiger partial charge in [-0.3, -0.25) is 4.79 Å². The van der Waals surface area contributed by atoms with Crippen LogP contribution in [0.3, 0.4) is 0 Å². The van der Waals surface area contributed by atoms with E-state index in [1.165, 1.54) is 17.0 Å². The number of ether oxygens (including phenoxy) is 1. The molecule has 116 valence electrons. The standard InChI is InChI=1S/C15H15FN2O4/c16-10-1-2-11-9(7-17-12(11)6-10)5-14(19)18-3-4-22-8-13(18)15(20)21/h1-2,6-7,13,17H,3-5,8H2,(H,20,21)/t13-/m0/s1. The van der Waals surface area contributed by atoms with Crippen LogP contribution in [0.5, 0.6) is 0 Å². The number of halogens is 1. The molecule has 1 aliphatic rings. The number of carbonyl (C=O) groups excluding carboxylic acids is 1. The van der Waals surface area contributed by atoms with Crippen LogP contribution in [0.1, 0.15) is 5.56 Å². The molecule has 2 N–H and O–H groups in total. The highest BCUT2D eigenvalue weighted by atomic mass is 19.1. The lowest BCUT2D eigenvalue weighted by Crippen LogP contribution is -2.53. The molecule has 0 aliphatic carbocycles. The number of benzene rings is 1. The molecule has 0 unspecified atom stereocenters. The van der Waals surface area contributed by atoms with E-state index in [0.29, 0.717) is 12.1 Å². The number of rotatable bonds is 3. The first-order valence-electron chi connectivity index (χ1n) is 6.92. The van der Waals surface area contributed by atoms with Gasteiger partial charge in [-0.25, -0.2) is 9.18 Å². The first-order chi connectivity index (χ1) is 10.6. The number of amides is 1. The molecule has 7 heteroatoms. The monoisotopic (exact) mass is 306 g/mol. The minimum Gasteiger partial charge on any atom is -0.480 e. The number of H-pyrrole nitrogens is 1. The molecule has 1 aromatic carbocycles. The van der Waals surface area contributed by atoms with Gasteiger partial charge in [-0.15, -0.1) is 0 Å². The van der Waals surface area contributed by atoms with Gasteiger partial charge in [0.15, 0.2) is 6.04 Å². The Morgan fingerprint density at radius 3 is 3.05 bits per heavy atom. The Labute approximate surface area is 125 Å². The second-order valence-electron chi connectivity index (χ2n) is 5.20. The molecule has 1 saturated heterocycles. The number of aromatic amines is 1. The number of hydrogen-bond donors (Lipinski definition) is 2. The van der Waals surface area contributed by atoms with Crippen LogP contribution in [0.2, 0.25) is 0 Å². The fraction of sp³-hybridized carbons (Fsp3) is 0.333. The summed E-state index contributed by atoms with van der Waals surface area (Å²) in [5.74, 6) is -1.71. The Balaban J connectivity index is 1.81. The number of nitrogens with zero attached hydrogens (tertiary/aromatic N) is 1. The molecular formula is C15H15FN2O4. The summed E-state index contributed by atoms with van der Waals surface area (Å²) < 4.78 is 18.3. The summed E-state index contributed by atoms with van der Waals surface area (Å²) in [4.78, 5) is 27.9. The lowest BCUT2D eigenvalue weighted by Gasteiger charge is -2.32. The summed E-state index contributed by atoms with van der Waals surface area (Å²) in [6.45, 7) is 0.585. The number of aromatic nitrogens is 1. The highest BCUT2D eigenvalue weighted by Crippen LogP contribution is 2.21. The number of morpholine rings is 1. The number of carbonyl (C=O) groups is 2. The Morgan fingerprint density at radius 2 is 2.27 bits per heavy atom. The van der Waals surface area contributed by atoms with E-state index in [1.54, 1.807) is 12.3 Å². The van der Waals surface area contributed by atoms with Crippen molar-refractivity contribution in [3.63, 3.8) is 0 Å². The van der Waals surface area contributed by atoms with Gasteiger partial charge in [0.2, 0.25) is 5.91 Å². The molecule has 1 aliphatic heterocycles. The van der Waals surface area contributed by atoms with Crippen LogP contribution in [0.25, 0.3) is 10.9 Å². The van der Waals surface area contributed by atoms with Gasteiger partial charge in [0.05, 0.1) is 19.6 Å². The summed E-state index contributed by atoms with van der Waals surface area (Å²) >= 11 is 0. The number of fused-ring (bicyclic) bond motifs is 1. The number of hydrogen-bond acceptors (Lipinski definition) is 3. The van der Waals surface area contributed by atoms with E-state index in [0.717, 1.165) is 10.9 Å². The lowest BCUT2D eigenvalue weighted by molar-refractivity contribution is -0.157. The zero-order valence-corrected chi connectivity index (χ0v) is 11.7. The van der Waals surface area contributed by atoms with Gasteiger partial charge in [0.1, 0.15) is 5.82 Å². The SMILES string of the molecule is O=C(O)[C@@H]1COCCN1C(=O)Cc1c[nH]c2cc(F)ccc12. The van der Waals surface area contributed by atoms with E-state index in [1.807, 2.05) is 0 Å². The minimum atomic E-state index is -1.07. The van der Waals surface area contributed by atoms with Crippen LogP contribution >= 0.6 is 0 Å². The number of nitrogens with one attached hydrogen (secondary N) is 1. The second kappa shape index (κ2) is 5.76. The average molecular weight is 306 g/mol. The van der Waals surface area contributed by atoms with Gasteiger partial charge in [0, 0.05) is 23.6 Å². The van der Waals surface area contributed by atoms with Crippen LogP contribution < -0.4 is 0 Å². The van der Waals surface area contributed by atoms with E-state index >= 15 is 0 Å². The van der Waals surface area contributed by atoms with Crippen molar-refractivity contribution in [2.75, 3.05) is 19.8 Å². The predicted molar refractivity (Wildman–Crippen MR) is 75.9 cm³/mol. The van der Waals surface area contributed by atoms with Crippen molar-refractivity contribution >= 4 is 22.8 Å². The Morgan fingerprint density at radius 1 is 1.45 bits per heavy atom. The quantitative estimate of drug-likeness (QED) is 0.891. The first-order valence-corrected chi connectivity index (χ1v) is 6.92. The second-order valence-corrected chi connectivity index (χ2v) is 5.20. The zero-order chi connectivity index (χ0) is 15.7. The van der Waals surface area contributed by atoms with Gasteiger partial charge in [0.25, 0.3) is 0 Å². The fourth-order valence-electron chi connectivity index (χ4n) is 2.68. The van der Waals surface area contributed by atoms with Crippen molar-refractivity contribution in [1.29, 1.82) is 0 Å². The molecule has 0 saturated carbocycles. The van der Waals surface area contributed by atoms with Gasteiger partial charge >= 0.3 is 5.97 Å². The van der Waals surface area contributed by atoms with E-state index in [-0.39, 0.29) is 31.3 Å².